The van der Waals surface area contributed by atoms with Gasteiger partial charge in [0, 0.05) is 0 Å². The Labute approximate surface area is 79.7 Å². The summed E-state index contributed by atoms with van der Waals surface area (Å²) in [5.74, 6) is -0.934. The molecular weight excluding hydrogens is 280 g/mol. The lowest BCUT2D eigenvalue weighted by Gasteiger charge is -2.40. The van der Waals surface area contributed by atoms with E-state index in [2.05, 4.69) is 36.6 Å². The molecule has 60 valence electrons. The lowest BCUT2D eigenvalue weighted by molar-refractivity contribution is -0.152. The third-order valence-electron chi connectivity index (χ3n) is 2.27. The molecule has 3 nitrogen and oxygen atoms in total. The summed E-state index contributed by atoms with van der Waals surface area (Å²) in [4.78, 5) is 22.1. The highest BCUT2D eigenvalue weighted by atomic mass is 79.9. The van der Waals surface area contributed by atoms with E-state index >= 15 is 0 Å². The summed E-state index contributed by atoms with van der Waals surface area (Å²) in [6.07, 6.45) is 1.31. The number of carbonyl (C=O) groups is 2. The number of rotatable bonds is 0. The lowest BCUT2D eigenvalue weighted by Crippen LogP contribution is -2.56. The Morgan fingerprint density at radius 3 is 1.64 bits per heavy atom. The number of halogens is 2. The van der Waals surface area contributed by atoms with Crippen molar-refractivity contribution in [3.8, 4) is 0 Å². The third kappa shape index (κ3) is 0.643. The Morgan fingerprint density at radius 1 is 1.09 bits per heavy atom. The van der Waals surface area contributed by atoms with Gasteiger partial charge >= 0.3 is 11.9 Å². The van der Waals surface area contributed by atoms with Crippen molar-refractivity contribution < 1.29 is 14.3 Å². The molecule has 0 aromatic heterocycles. The molecule has 0 aromatic rings. The van der Waals surface area contributed by atoms with Crippen LogP contribution in [-0.4, -0.2) is 20.6 Å². The normalized spacial score (nSPS) is 48.2. The highest BCUT2D eigenvalue weighted by molar-refractivity contribution is 9.13. The van der Waals surface area contributed by atoms with Gasteiger partial charge in [0.1, 0.15) is 8.65 Å². The van der Waals surface area contributed by atoms with Crippen LogP contribution in [0.15, 0.2) is 0 Å². The van der Waals surface area contributed by atoms with E-state index in [1.165, 1.54) is 0 Å². The molecule has 1 aliphatic heterocycles. The molecule has 0 spiro atoms. The molecular formula is C6H4Br2O3. The summed E-state index contributed by atoms with van der Waals surface area (Å²) in [5, 5.41) is 0. The van der Waals surface area contributed by atoms with Crippen molar-refractivity contribution in [2.75, 3.05) is 0 Å². The molecule has 0 N–H and O–H groups in total. The second kappa shape index (κ2) is 1.88. The van der Waals surface area contributed by atoms with Crippen LogP contribution in [0.25, 0.3) is 0 Å². The Balaban J connectivity index is 2.48. The van der Waals surface area contributed by atoms with Crippen LogP contribution in [0.1, 0.15) is 12.8 Å². The number of fused-ring (bicyclic) bond motifs is 1. The maximum absolute atomic E-state index is 11.1. The summed E-state index contributed by atoms with van der Waals surface area (Å²) < 4.78 is 2.92. The van der Waals surface area contributed by atoms with E-state index < -0.39 is 20.6 Å². The molecule has 0 radical (unpaired) electrons. The standard InChI is InChI=1S/C6H4Br2O3/c7-5-1-2-6(5,8)4(10)11-3(5)9/h1-2H2. The summed E-state index contributed by atoms with van der Waals surface area (Å²) in [7, 11) is 0. The van der Waals surface area contributed by atoms with Crippen molar-refractivity contribution in [2.24, 2.45) is 0 Å². The van der Waals surface area contributed by atoms with Gasteiger partial charge in [0.05, 0.1) is 0 Å². The first-order valence-corrected chi connectivity index (χ1v) is 4.74. The highest BCUT2D eigenvalue weighted by Gasteiger charge is 2.72. The van der Waals surface area contributed by atoms with Crippen molar-refractivity contribution in [1.29, 1.82) is 0 Å². The minimum atomic E-state index is -0.781. The molecule has 1 saturated heterocycles. The SMILES string of the molecule is O=C1OC(=O)C2(Br)CCC12Br. The molecule has 1 saturated carbocycles. The monoisotopic (exact) mass is 282 g/mol. The van der Waals surface area contributed by atoms with E-state index in [9.17, 15) is 9.59 Å². The topological polar surface area (TPSA) is 43.4 Å². The largest absolute Gasteiger partial charge is 0.391 e. The molecule has 11 heavy (non-hydrogen) atoms. The first kappa shape index (κ1) is 7.73. The van der Waals surface area contributed by atoms with Crippen LogP contribution >= 0.6 is 31.9 Å². The number of alkyl halides is 2. The highest BCUT2D eigenvalue weighted by Crippen LogP contribution is 2.59. The number of hydrogen-bond donors (Lipinski definition) is 0. The van der Waals surface area contributed by atoms with Gasteiger partial charge in [-0.25, -0.2) is 9.59 Å². The number of ether oxygens (including phenoxy) is 1. The van der Waals surface area contributed by atoms with Crippen molar-refractivity contribution in [2.45, 2.75) is 21.5 Å². The van der Waals surface area contributed by atoms with E-state index in [4.69, 9.17) is 0 Å². The van der Waals surface area contributed by atoms with Gasteiger partial charge in [-0.1, -0.05) is 31.9 Å². The van der Waals surface area contributed by atoms with Gasteiger partial charge < -0.3 is 4.74 Å². The fourth-order valence-electron chi connectivity index (χ4n) is 1.34. The fourth-order valence-corrected chi connectivity index (χ4v) is 2.62. The van der Waals surface area contributed by atoms with Crippen LogP contribution in [0, 0.1) is 0 Å². The van der Waals surface area contributed by atoms with Crippen LogP contribution in [-0.2, 0) is 14.3 Å². The van der Waals surface area contributed by atoms with E-state index in [0.29, 0.717) is 12.8 Å². The van der Waals surface area contributed by atoms with E-state index in [1.807, 2.05) is 0 Å². The lowest BCUT2D eigenvalue weighted by atomic mass is 9.75. The Kier molecular flexibility index (Phi) is 1.32. The summed E-state index contributed by atoms with van der Waals surface area (Å²) >= 11 is 6.43. The van der Waals surface area contributed by atoms with Gasteiger partial charge in [0.2, 0.25) is 0 Å². The molecule has 2 aliphatic rings. The van der Waals surface area contributed by atoms with E-state index in [0.717, 1.165) is 0 Å². The number of esters is 2. The van der Waals surface area contributed by atoms with Crippen LogP contribution in [0.4, 0.5) is 0 Å². The maximum Gasteiger partial charge on any atom is 0.332 e. The van der Waals surface area contributed by atoms with Crippen molar-refractivity contribution in [1.82, 2.24) is 0 Å². The summed E-state index contributed by atoms with van der Waals surface area (Å²) in [6.45, 7) is 0. The Bertz CT molecular complexity index is 239. The maximum atomic E-state index is 11.1. The molecule has 2 rings (SSSR count). The van der Waals surface area contributed by atoms with E-state index in [1.54, 1.807) is 0 Å². The summed E-state index contributed by atoms with van der Waals surface area (Å²) in [5.41, 5.74) is 0. The second-order valence-corrected chi connectivity index (χ2v) is 5.49. The second-order valence-electron chi connectivity index (χ2n) is 2.78. The predicted octanol–water partition coefficient (Wildman–Crippen LogP) is 1.13. The number of hydrogen-bond acceptors (Lipinski definition) is 3. The zero-order chi connectivity index (χ0) is 8.28. The molecule has 5 heteroatoms. The molecule has 0 bridgehead atoms. The van der Waals surface area contributed by atoms with Gasteiger partial charge in [-0.15, -0.1) is 0 Å². The van der Waals surface area contributed by atoms with E-state index in [-0.39, 0.29) is 0 Å². The molecule has 1 aliphatic carbocycles. The van der Waals surface area contributed by atoms with Gasteiger partial charge in [0.15, 0.2) is 0 Å². The first-order valence-electron chi connectivity index (χ1n) is 3.15. The molecule has 2 atom stereocenters. The summed E-state index contributed by atoms with van der Waals surface area (Å²) in [6, 6.07) is 0. The molecule has 0 aromatic carbocycles. The molecule has 0 amide bonds. The van der Waals surface area contributed by atoms with Crippen molar-refractivity contribution in [3.05, 3.63) is 0 Å². The smallest absolute Gasteiger partial charge is 0.332 e. The average molecular weight is 284 g/mol. The van der Waals surface area contributed by atoms with Gasteiger partial charge in [-0.05, 0) is 12.8 Å². The molecule has 2 unspecified atom stereocenters. The van der Waals surface area contributed by atoms with Crippen LogP contribution in [0.2, 0.25) is 0 Å². The number of cyclic esters (lactones) is 2. The average Bonchev–Trinajstić information content (AvgIpc) is 2.05. The minimum absolute atomic E-state index is 0.467. The minimum Gasteiger partial charge on any atom is -0.391 e. The van der Waals surface area contributed by atoms with Gasteiger partial charge in [-0.2, -0.15) is 0 Å². The fraction of sp³-hybridized carbons (Fsp3) is 0.667. The first-order chi connectivity index (χ1) is 5.01. The van der Waals surface area contributed by atoms with Gasteiger partial charge in [0.25, 0.3) is 0 Å². The van der Waals surface area contributed by atoms with Gasteiger partial charge in [-0.3, -0.25) is 0 Å². The zero-order valence-corrected chi connectivity index (χ0v) is 8.57. The molecule has 2 fully saturated rings. The number of carbonyl (C=O) groups excluding carboxylic acids is 2. The van der Waals surface area contributed by atoms with Crippen molar-refractivity contribution in [3.63, 3.8) is 0 Å². The Morgan fingerprint density at radius 2 is 1.45 bits per heavy atom. The zero-order valence-electron chi connectivity index (χ0n) is 5.39. The van der Waals surface area contributed by atoms with Crippen LogP contribution < -0.4 is 0 Å². The quantitative estimate of drug-likeness (QED) is 0.380. The molecule has 1 heterocycles. The van der Waals surface area contributed by atoms with Crippen LogP contribution in [0.5, 0.6) is 0 Å². The van der Waals surface area contributed by atoms with Crippen LogP contribution in [0.3, 0.4) is 0 Å². The third-order valence-corrected chi connectivity index (χ3v) is 5.60. The predicted molar refractivity (Wildman–Crippen MR) is 43.6 cm³/mol. The Hall–Kier alpha value is 0.1000. The van der Waals surface area contributed by atoms with Crippen molar-refractivity contribution >= 4 is 43.8 Å².